The lowest BCUT2D eigenvalue weighted by Gasteiger charge is -2.16. The number of aromatic carboxylic acids is 1. The van der Waals surface area contributed by atoms with E-state index in [4.69, 9.17) is 5.11 Å². The highest BCUT2D eigenvalue weighted by atomic mass is 16.4. The topological polar surface area (TPSA) is 100 Å². The number of carbonyl (C=O) groups excluding carboxylic acids is 1. The van der Waals surface area contributed by atoms with Crippen molar-refractivity contribution in [2.75, 3.05) is 19.6 Å². The first-order valence-electron chi connectivity index (χ1n) is 6.22. The Kier molecular flexibility index (Phi) is 3.98. The molecule has 0 spiro atoms. The van der Waals surface area contributed by atoms with Gasteiger partial charge in [-0.15, -0.1) is 5.10 Å². The molecule has 1 atom stereocenters. The molecule has 0 bridgehead atoms. The van der Waals surface area contributed by atoms with Gasteiger partial charge in [-0.25, -0.2) is 14.3 Å². The number of rotatable bonds is 4. The fraction of sp³-hybridized carbons (Fsp3) is 0.636. The molecule has 0 aromatic carbocycles. The normalized spacial score (nSPS) is 18.6. The lowest BCUT2D eigenvalue weighted by atomic mass is 10.2. The van der Waals surface area contributed by atoms with E-state index in [9.17, 15) is 9.59 Å². The van der Waals surface area contributed by atoms with Crippen LogP contribution in [0.4, 0.5) is 4.79 Å². The Morgan fingerprint density at radius 2 is 2.37 bits per heavy atom. The van der Waals surface area contributed by atoms with Crippen molar-refractivity contribution in [3.8, 4) is 0 Å². The van der Waals surface area contributed by atoms with Crippen molar-refractivity contribution in [1.82, 2.24) is 25.2 Å². The summed E-state index contributed by atoms with van der Waals surface area (Å²) in [6.07, 6.45) is 2.38. The Balaban J connectivity index is 1.73. The second-order valence-electron chi connectivity index (χ2n) is 4.74. The van der Waals surface area contributed by atoms with Crippen molar-refractivity contribution in [3.05, 3.63) is 11.9 Å². The fourth-order valence-corrected chi connectivity index (χ4v) is 2.01. The number of amides is 2. The highest BCUT2D eigenvalue weighted by Gasteiger charge is 2.22. The number of urea groups is 1. The van der Waals surface area contributed by atoms with Crippen LogP contribution in [0.2, 0.25) is 0 Å². The Morgan fingerprint density at radius 1 is 1.58 bits per heavy atom. The first-order valence-corrected chi connectivity index (χ1v) is 6.22. The number of carboxylic acid groups (broad SMARTS) is 1. The number of nitrogens with one attached hydrogen (secondary N) is 1. The standard InChI is InChI=1S/C11H17N5O3/c1-8-2-4-15(6-8)11(19)12-3-5-16-7-9(10(17)18)13-14-16/h7-8H,2-6H2,1H3,(H,12,19)(H,17,18). The maximum absolute atomic E-state index is 11.8. The molecule has 8 heteroatoms. The van der Waals surface area contributed by atoms with Crippen LogP contribution in [0.15, 0.2) is 6.20 Å². The smallest absolute Gasteiger partial charge is 0.358 e. The monoisotopic (exact) mass is 267 g/mol. The Bertz CT molecular complexity index is 473. The number of carbonyl (C=O) groups is 2. The zero-order valence-corrected chi connectivity index (χ0v) is 10.7. The van der Waals surface area contributed by atoms with E-state index in [0.717, 1.165) is 19.5 Å². The van der Waals surface area contributed by atoms with Gasteiger partial charge >= 0.3 is 12.0 Å². The molecule has 1 aliphatic rings. The van der Waals surface area contributed by atoms with Gasteiger partial charge in [0.2, 0.25) is 0 Å². The number of hydrogen-bond donors (Lipinski definition) is 2. The van der Waals surface area contributed by atoms with Crippen molar-refractivity contribution >= 4 is 12.0 Å². The van der Waals surface area contributed by atoms with Crippen LogP contribution in [0.25, 0.3) is 0 Å². The second-order valence-corrected chi connectivity index (χ2v) is 4.74. The number of nitrogens with zero attached hydrogens (tertiary/aromatic N) is 4. The molecule has 0 aliphatic carbocycles. The van der Waals surface area contributed by atoms with Crippen molar-refractivity contribution in [1.29, 1.82) is 0 Å². The quantitative estimate of drug-likeness (QED) is 0.801. The molecule has 2 amide bonds. The first-order chi connectivity index (χ1) is 9.06. The number of carboxylic acids is 1. The lowest BCUT2D eigenvalue weighted by Crippen LogP contribution is -2.39. The van der Waals surface area contributed by atoms with Gasteiger partial charge in [0.15, 0.2) is 5.69 Å². The van der Waals surface area contributed by atoms with E-state index in [1.807, 2.05) is 0 Å². The van der Waals surface area contributed by atoms with E-state index in [2.05, 4.69) is 22.6 Å². The van der Waals surface area contributed by atoms with Gasteiger partial charge in [0.05, 0.1) is 12.7 Å². The summed E-state index contributed by atoms with van der Waals surface area (Å²) in [6.45, 7) is 4.50. The summed E-state index contributed by atoms with van der Waals surface area (Å²) in [5.41, 5.74) is -0.0975. The molecule has 1 fully saturated rings. The molecule has 0 radical (unpaired) electrons. The predicted octanol–water partition coefficient (Wildman–Crippen LogP) is 0.0277. The summed E-state index contributed by atoms with van der Waals surface area (Å²) in [5.74, 6) is -0.555. The van der Waals surface area contributed by atoms with Gasteiger partial charge in [-0.1, -0.05) is 12.1 Å². The average molecular weight is 267 g/mol. The molecule has 2 rings (SSSR count). The molecule has 1 aliphatic heterocycles. The van der Waals surface area contributed by atoms with Crippen LogP contribution < -0.4 is 5.32 Å². The largest absolute Gasteiger partial charge is 0.476 e. The second kappa shape index (κ2) is 5.68. The van der Waals surface area contributed by atoms with E-state index < -0.39 is 5.97 Å². The molecule has 104 valence electrons. The van der Waals surface area contributed by atoms with Gasteiger partial charge in [0.1, 0.15) is 0 Å². The van der Waals surface area contributed by atoms with Gasteiger partial charge < -0.3 is 15.3 Å². The van der Waals surface area contributed by atoms with Crippen LogP contribution in [-0.2, 0) is 6.54 Å². The molecule has 8 nitrogen and oxygen atoms in total. The minimum Gasteiger partial charge on any atom is -0.476 e. The van der Waals surface area contributed by atoms with Crippen LogP contribution in [0.1, 0.15) is 23.8 Å². The van der Waals surface area contributed by atoms with Crippen LogP contribution in [0.5, 0.6) is 0 Å². The van der Waals surface area contributed by atoms with E-state index in [0.29, 0.717) is 19.0 Å². The third-order valence-electron chi connectivity index (χ3n) is 3.09. The van der Waals surface area contributed by atoms with Gasteiger partial charge in [-0.05, 0) is 12.3 Å². The van der Waals surface area contributed by atoms with E-state index in [1.54, 1.807) is 4.90 Å². The third-order valence-corrected chi connectivity index (χ3v) is 3.09. The maximum Gasteiger partial charge on any atom is 0.358 e. The zero-order valence-electron chi connectivity index (χ0n) is 10.7. The first kappa shape index (κ1) is 13.3. The van der Waals surface area contributed by atoms with Gasteiger partial charge in [-0.2, -0.15) is 0 Å². The SMILES string of the molecule is CC1CCN(C(=O)NCCn2cc(C(=O)O)nn2)C1. The van der Waals surface area contributed by atoms with Crippen molar-refractivity contribution in [3.63, 3.8) is 0 Å². The van der Waals surface area contributed by atoms with Crippen LogP contribution >= 0.6 is 0 Å². The molecule has 19 heavy (non-hydrogen) atoms. The molecule has 1 aromatic heterocycles. The molecule has 2 heterocycles. The maximum atomic E-state index is 11.8. The number of likely N-dealkylation sites (tertiary alicyclic amines) is 1. The summed E-state index contributed by atoms with van der Waals surface area (Å²) in [7, 11) is 0. The summed E-state index contributed by atoms with van der Waals surface area (Å²) in [6, 6.07) is -0.0806. The summed E-state index contributed by atoms with van der Waals surface area (Å²) < 4.78 is 1.40. The molecule has 1 aromatic rings. The zero-order chi connectivity index (χ0) is 13.8. The highest BCUT2D eigenvalue weighted by molar-refractivity contribution is 5.84. The van der Waals surface area contributed by atoms with Crippen LogP contribution in [0, 0.1) is 5.92 Å². The minimum atomic E-state index is -1.11. The van der Waals surface area contributed by atoms with E-state index in [-0.39, 0.29) is 11.7 Å². The van der Waals surface area contributed by atoms with E-state index >= 15 is 0 Å². The Morgan fingerprint density at radius 3 is 2.95 bits per heavy atom. The van der Waals surface area contributed by atoms with Gasteiger partial charge in [0.25, 0.3) is 0 Å². The Hall–Kier alpha value is -2.12. The minimum absolute atomic E-state index is 0.0806. The predicted molar refractivity (Wildman–Crippen MR) is 65.7 cm³/mol. The fourth-order valence-electron chi connectivity index (χ4n) is 2.01. The van der Waals surface area contributed by atoms with Crippen molar-refractivity contribution < 1.29 is 14.7 Å². The van der Waals surface area contributed by atoms with Crippen molar-refractivity contribution in [2.45, 2.75) is 19.9 Å². The van der Waals surface area contributed by atoms with Gasteiger partial charge in [0, 0.05) is 19.6 Å². The van der Waals surface area contributed by atoms with Crippen LogP contribution in [0.3, 0.4) is 0 Å². The molecule has 0 saturated carbocycles. The van der Waals surface area contributed by atoms with Crippen molar-refractivity contribution in [2.24, 2.45) is 5.92 Å². The lowest BCUT2D eigenvalue weighted by molar-refractivity contribution is 0.0690. The van der Waals surface area contributed by atoms with Crippen LogP contribution in [-0.4, -0.2) is 56.6 Å². The summed E-state index contributed by atoms with van der Waals surface area (Å²) in [4.78, 5) is 24.2. The number of aromatic nitrogens is 3. The molecule has 1 unspecified atom stereocenters. The molecule has 2 N–H and O–H groups in total. The van der Waals surface area contributed by atoms with Gasteiger partial charge in [-0.3, -0.25) is 0 Å². The molecular weight excluding hydrogens is 250 g/mol. The number of hydrogen-bond acceptors (Lipinski definition) is 4. The summed E-state index contributed by atoms with van der Waals surface area (Å²) >= 11 is 0. The Labute approximate surface area is 110 Å². The van der Waals surface area contributed by atoms with E-state index in [1.165, 1.54) is 10.9 Å². The highest BCUT2D eigenvalue weighted by Crippen LogP contribution is 2.14. The molecular formula is C11H17N5O3. The third kappa shape index (κ3) is 3.43. The summed E-state index contributed by atoms with van der Waals surface area (Å²) in [5, 5.41) is 18.6. The molecule has 1 saturated heterocycles. The average Bonchev–Trinajstić information content (AvgIpc) is 2.98.